The topological polar surface area (TPSA) is 71.8 Å². The molecule has 2 heterocycles. The minimum absolute atomic E-state index is 0.440. The van der Waals surface area contributed by atoms with Crippen LogP contribution >= 0.6 is 0 Å². The molecular weight excluding hydrogens is 274 g/mol. The molecule has 3 aromatic rings. The standard InChI is InChI=1S/C18H17N3O/c1-11-3-4-14(9-12(11)2)17-15(18(19)22)10-16(21-17)13-5-7-20-8-6-13/h3-10,21H,1-2H3,(H2,19,22). The minimum atomic E-state index is -0.440. The summed E-state index contributed by atoms with van der Waals surface area (Å²) < 4.78 is 0. The van der Waals surface area contributed by atoms with E-state index in [-0.39, 0.29) is 0 Å². The summed E-state index contributed by atoms with van der Waals surface area (Å²) in [5.74, 6) is -0.440. The van der Waals surface area contributed by atoms with Gasteiger partial charge in [0.2, 0.25) is 0 Å². The van der Waals surface area contributed by atoms with E-state index in [0.29, 0.717) is 5.56 Å². The van der Waals surface area contributed by atoms with Crippen LogP contribution in [0.3, 0.4) is 0 Å². The maximum atomic E-state index is 11.8. The van der Waals surface area contributed by atoms with Crippen LogP contribution < -0.4 is 5.73 Å². The number of carbonyl (C=O) groups excluding carboxylic acids is 1. The number of nitrogens with zero attached hydrogens (tertiary/aromatic N) is 1. The number of aryl methyl sites for hydroxylation is 2. The zero-order chi connectivity index (χ0) is 15.7. The van der Waals surface area contributed by atoms with Crippen molar-refractivity contribution in [1.29, 1.82) is 0 Å². The predicted octanol–water partition coefficient (Wildman–Crippen LogP) is 3.46. The number of pyridine rings is 1. The summed E-state index contributed by atoms with van der Waals surface area (Å²) in [5.41, 5.74) is 11.9. The zero-order valence-electron chi connectivity index (χ0n) is 12.6. The highest BCUT2D eigenvalue weighted by Gasteiger charge is 2.15. The first kappa shape index (κ1) is 14.1. The van der Waals surface area contributed by atoms with Crippen LogP contribution in [0.15, 0.2) is 48.8 Å². The van der Waals surface area contributed by atoms with E-state index in [1.165, 1.54) is 11.1 Å². The van der Waals surface area contributed by atoms with Gasteiger partial charge in [-0.15, -0.1) is 0 Å². The van der Waals surface area contributed by atoms with Crippen LogP contribution in [0.4, 0.5) is 0 Å². The summed E-state index contributed by atoms with van der Waals surface area (Å²) in [4.78, 5) is 19.1. The number of hydrogen-bond acceptors (Lipinski definition) is 2. The Labute approximate surface area is 129 Å². The lowest BCUT2D eigenvalue weighted by atomic mass is 10.0. The molecule has 0 saturated carbocycles. The molecule has 0 unspecified atom stereocenters. The highest BCUT2D eigenvalue weighted by molar-refractivity contribution is 6.00. The van der Waals surface area contributed by atoms with Crippen molar-refractivity contribution in [3.8, 4) is 22.5 Å². The molecule has 110 valence electrons. The van der Waals surface area contributed by atoms with Crippen LogP contribution in [0.25, 0.3) is 22.5 Å². The lowest BCUT2D eigenvalue weighted by molar-refractivity contribution is 0.100. The van der Waals surface area contributed by atoms with Crippen molar-refractivity contribution >= 4 is 5.91 Å². The van der Waals surface area contributed by atoms with Gasteiger partial charge in [0.15, 0.2) is 0 Å². The Bertz CT molecular complexity index is 835. The molecule has 0 saturated heterocycles. The van der Waals surface area contributed by atoms with E-state index in [4.69, 9.17) is 5.73 Å². The van der Waals surface area contributed by atoms with E-state index in [1.54, 1.807) is 18.5 Å². The number of aromatic nitrogens is 2. The second kappa shape index (κ2) is 5.48. The second-order valence-electron chi connectivity index (χ2n) is 5.37. The highest BCUT2D eigenvalue weighted by Crippen LogP contribution is 2.29. The van der Waals surface area contributed by atoms with Gasteiger partial charge in [-0.3, -0.25) is 9.78 Å². The number of primary amides is 1. The number of benzene rings is 1. The molecule has 0 aliphatic rings. The van der Waals surface area contributed by atoms with Crippen molar-refractivity contribution in [3.63, 3.8) is 0 Å². The van der Waals surface area contributed by atoms with Crippen LogP contribution in [-0.2, 0) is 0 Å². The van der Waals surface area contributed by atoms with Crippen LogP contribution in [0.1, 0.15) is 21.5 Å². The molecule has 4 nitrogen and oxygen atoms in total. The van der Waals surface area contributed by atoms with Gasteiger partial charge < -0.3 is 10.7 Å². The fourth-order valence-electron chi connectivity index (χ4n) is 2.46. The number of rotatable bonds is 3. The van der Waals surface area contributed by atoms with Crippen molar-refractivity contribution in [2.24, 2.45) is 5.73 Å². The first-order valence-electron chi connectivity index (χ1n) is 7.07. The summed E-state index contributed by atoms with van der Waals surface area (Å²) in [5, 5.41) is 0. The monoisotopic (exact) mass is 291 g/mol. The molecule has 0 fully saturated rings. The van der Waals surface area contributed by atoms with Crippen LogP contribution in [0.5, 0.6) is 0 Å². The Morgan fingerprint density at radius 3 is 2.36 bits per heavy atom. The maximum Gasteiger partial charge on any atom is 0.250 e. The van der Waals surface area contributed by atoms with Crippen molar-refractivity contribution in [3.05, 3.63) is 65.5 Å². The Morgan fingerprint density at radius 1 is 1.00 bits per heavy atom. The summed E-state index contributed by atoms with van der Waals surface area (Å²) >= 11 is 0. The van der Waals surface area contributed by atoms with E-state index in [2.05, 4.69) is 29.9 Å². The molecule has 1 amide bonds. The van der Waals surface area contributed by atoms with E-state index in [9.17, 15) is 4.79 Å². The van der Waals surface area contributed by atoms with Gasteiger partial charge in [-0.2, -0.15) is 0 Å². The number of nitrogens with one attached hydrogen (secondary N) is 1. The second-order valence-corrected chi connectivity index (χ2v) is 5.37. The predicted molar refractivity (Wildman–Crippen MR) is 87.5 cm³/mol. The minimum Gasteiger partial charge on any atom is -0.366 e. The molecule has 1 aromatic carbocycles. The Hall–Kier alpha value is -2.88. The van der Waals surface area contributed by atoms with Gasteiger partial charge in [-0.25, -0.2) is 0 Å². The lowest BCUT2D eigenvalue weighted by Gasteiger charge is -2.05. The van der Waals surface area contributed by atoms with E-state index in [1.807, 2.05) is 24.3 Å². The van der Waals surface area contributed by atoms with Crippen molar-refractivity contribution in [2.75, 3.05) is 0 Å². The Morgan fingerprint density at radius 2 is 1.73 bits per heavy atom. The van der Waals surface area contributed by atoms with Gasteiger partial charge in [0.05, 0.1) is 11.3 Å². The number of hydrogen-bond donors (Lipinski definition) is 2. The molecule has 22 heavy (non-hydrogen) atoms. The van der Waals surface area contributed by atoms with Crippen molar-refractivity contribution in [1.82, 2.24) is 9.97 Å². The van der Waals surface area contributed by atoms with Crippen LogP contribution in [0.2, 0.25) is 0 Å². The highest BCUT2D eigenvalue weighted by atomic mass is 16.1. The number of amides is 1. The van der Waals surface area contributed by atoms with Gasteiger partial charge in [0, 0.05) is 23.7 Å². The molecular formula is C18H17N3O. The molecule has 3 rings (SSSR count). The quantitative estimate of drug-likeness (QED) is 0.775. The van der Waals surface area contributed by atoms with Crippen LogP contribution in [-0.4, -0.2) is 15.9 Å². The van der Waals surface area contributed by atoms with Crippen LogP contribution in [0, 0.1) is 13.8 Å². The molecule has 0 aliphatic carbocycles. The number of H-pyrrole nitrogens is 1. The average molecular weight is 291 g/mol. The van der Waals surface area contributed by atoms with Crippen molar-refractivity contribution in [2.45, 2.75) is 13.8 Å². The van der Waals surface area contributed by atoms with E-state index >= 15 is 0 Å². The van der Waals surface area contributed by atoms with E-state index in [0.717, 1.165) is 22.5 Å². The Kier molecular flexibility index (Phi) is 3.51. The summed E-state index contributed by atoms with van der Waals surface area (Å²) in [7, 11) is 0. The third-order valence-electron chi connectivity index (χ3n) is 3.87. The average Bonchev–Trinajstić information content (AvgIpc) is 2.96. The third kappa shape index (κ3) is 2.51. The molecule has 0 aliphatic heterocycles. The zero-order valence-corrected chi connectivity index (χ0v) is 12.6. The number of carbonyl (C=O) groups is 1. The largest absolute Gasteiger partial charge is 0.366 e. The van der Waals surface area contributed by atoms with E-state index < -0.39 is 5.91 Å². The SMILES string of the molecule is Cc1ccc(-c2[nH]c(-c3ccncc3)cc2C(N)=O)cc1C. The first-order chi connectivity index (χ1) is 10.6. The maximum absolute atomic E-state index is 11.8. The number of nitrogens with two attached hydrogens (primary N) is 1. The molecule has 0 spiro atoms. The molecule has 4 heteroatoms. The first-order valence-corrected chi connectivity index (χ1v) is 7.07. The lowest BCUT2D eigenvalue weighted by Crippen LogP contribution is -2.11. The van der Waals surface area contributed by atoms with Gasteiger partial charge in [0.25, 0.3) is 5.91 Å². The summed E-state index contributed by atoms with van der Waals surface area (Å²) in [6, 6.07) is 11.7. The third-order valence-corrected chi connectivity index (χ3v) is 3.87. The molecule has 0 radical (unpaired) electrons. The fourth-order valence-corrected chi connectivity index (χ4v) is 2.46. The van der Waals surface area contributed by atoms with Gasteiger partial charge >= 0.3 is 0 Å². The molecule has 0 bridgehead atoms. The summed E-state index contributed by atoms with van der Waals surface area (Å²) in [6.07, 6.45) is 3.44. The van der Waals surface area contributed by atoms with Gasteiger partial charge in [-0.05, 0) is 54.8 Å². The Balaban J connectivity index is 2.16. The molecule has 2 aromatic heterocycles. The fraction of sp³-hybridized carbons (Fsp3) is 0.111. The molecule has 3 N–H and O–H groups in total. The summed E-state index contributed by atoms with van der Waals surface area (Å²) in [6.45, 7) is 4.11. The smallest absolute Gasteiger partial charge is 0.250 e. The normalized spacial score (nSPS) is 10.6. The van der Waals surface area contributed by atoms with Crippen molar-refractivity contribution < 1.29 is 4.79 Å². The van der Waals surface area contributed by atoms with Gasteiger partial charge in [-0.1, -0.05) is 12.1 Å². The molecule has 0 atom stereocenters. The van der Waals surface area contributed by atoms with Gasteiger partial charge in [0.1, 0.15) is 0 Å². The number of aromatic amines is 1.